The standard InChI is InChI=1S/C15H26N2OS/c1-16-2-4-17(5-3-16)19(18)15-9-12-6-13(10-15)8-14(7-12)11-15/h12-14H,2-11H2,1H3/t12?,13?,14?,15?,19-/m1/s1. The molecule has 3 nitrogen and oxygen atoms in total. The van der Waals surface area contributed by atoms with Gasteiger partial charge in [0.15, 0.2) is 0 Å². The third kappa shape index (κ3) is 2.11. The van der Waals surface area contributed by atoms with Gasteiger partial charge in [-0.3, -0.25) is 0 Å². The normalized spacial score (nSPS) is 48.6. The number of piperazine rings is 1. The molecule has 4 aliphatic carbocycles. The van der Waals surface area contributed by atoms with Crippen LogP contribution in [0.3, 0.4) is 0 Å². The van der Waals surface area contributed by atoms with E-state index in [0.29, 0.717) is 0 Å². The van der Waals surface area contributed by atoms with Gasteiger partial charge in [-0.2, -0.15) is 0 Å². The van der Waals surface area contributed by atoms with E-state index in [2.05, 4.69) is 16.3 Å². The predicted molar refractivity (Wildman–Crippen MR) is 78.1 cm³/mol. The Balaban J connectivity index is 1.53. The molecular weight excluding hydrogens is 256 g/mol. The van der Waals surface area contributed by atoms with Crippen molar-refractivity contribution in [1.29, 1.82) is 0 Å². The average Bonchev–Trinajstić information content (AvgIpc) is 2.37. The lowest BCUT2D eigenvalue weighted by atomic mass is 9.56. The van der Waals surface area contributed by atoms with Gasteiger partial charge in [0.25, 0.3) is 0 Å². The summed E-state index contributed by atoms with van der Waals surface area (Å²) in [5.41, 5.74) is 0. The number of hydrogen-bond acceptors (Lipinski definition) is 2. The van der Waals surface area contributed by atoms with Crippen molar-refractivity contribution in [2.45, 2.75) is 43.3 Å². The fraction of sp³-hybridized carbons (Fsp3) is 1.00. The van der Waals surface area contributed by atoms with Gasteiger partial charge in [-0.05, 0) is 63.3 Å². The van der Waals surface area contributed by atoms with E-state index in [9.17, 15) is 4.21 Å². The molecule has 19 heavy (non-hydrogen) atoms. The first kappa shape index (κ1) is 12.8. The van der Waals surface area contributed by atoms with E-state index in [1.54, 1.807) is 0 Å². The molecule has 0 radical (unpaired) electrons. The first-order valence-electron chi connectivity index (χ1n) is 8.00. The van der Waals surface area contributed by atoms with Gasteiger partial charge in [-0.25, -0.2) is 8.51 Å². The second-order valence-corrected chi connectivity index (χ2v) is 9.46. The maximum atomic E-state index is 13.2. The molecule has 1 heterocycles. The highest BCUT2D eigenvalue weighted by Gasteiger charge is 2.55. The maximum absolute atomic E-state index is 13.2. The molecule has 4 heteroatoms. The van der Waals surface area contributed by atoms with Gasteiger partial charge < -0.3 is 4.90 Å². The summed E-state index contributed by atoms with van der Waals surface area (Å²) in [7, 11) is 1.45. The minimum Gasteiger partial charge on any atom is -0.304 e. The Morgan fingerprint density at radius 3 is 1.84 bits per heavy atom. The summed E-state index contributed by atoms with van der Waals surface area (Å²) in [6.45, 7) is 4.17. The van der Waals surface area contributed by atoms with Gasteiger partial charge in [0.1, 0.15) is 11.0 Å². The zero-order chi connectivity index (χ0) is 13.0. The number of likely N-dealkylation sites (N-methyl/N-ethyl adjacent to an activating group) is 1. The van der Waals surface area contributed by atoms with Crippen LogP contribution in [0.4, 0.5) is 0 Å². The highest BCUT2D eigenvalue weighted by Crippen LogP contribution is 2.58. The summed E-state index contributed by atoms with van der Waals surface area (Å²) >= 11 is 0. The topological polar surface area (TPSA) is 23.6 Å². The van der Waals surface area contributed by atoms with Crippen molar-refractivity contribution in [2.75, 3.05) is 33.2 Å². The lowest BCUT2D eigenvalue weighted by Crippen LogP contribution is -2.58. The molecule has 0 amide bonds. The zero-order valence-electron chi connectivity index (χ0n) is 12.0. The van der Waals surface area contributed by atoms with Crippen molar-refractivity contribution in [2.24, 2.45) is 17.8 Å². The van der Waals surface area contributed by atoms with Gasteiger partial charge in [-0.1, -0.05) is 0 Å². The largest absolute Gasteiger partial charge is 0.304 e. The van der Waals surface area contributed by atoms with Gasteiger partial charge >= 0.3 is 0 Å². The molecule has 5 aliphatic rings. The minimum absolute atomic E-state index is 0.185. The third-order valence-corrected chi connectivity index (χ3v) is 8.12. The minimum atomic E-state index is -0.720. The van der Waals surface area contributed by atoms with Crippen molar-refractivity contribution in [1.82, 2.24) is 9.21 Å². The Morgan fingerprint density at radius 2 is 1.37 bits per heavy atom. The molecule has 0 aromatic heterocycles. The van der Waals surface area contributed by atoms with Crippen molar-refractivity contribution >= 4 is 11.0 Å². The van der Waals surface area contributed by atoms with Crippen LogP contribution in [0.5, 0.6) is 0 Å². The molecule has 0 N–H and O–H groups in total. The van der Waals surface area contributed by atoms with Crippen LogP contribution in [0.1, 0.15) is 38.5 Å². The summed E-state index contributed by atoms with van der Waals surface area (Å²) in [6.07, 6.45) is 8.12. The Hall–Kier alpha value is 0.0700. The Morgan fingerprint density at radius 1 is 0.895 bits per heavy atom. The summed E-state index contributed by atoms with van der Waals surface area (Å²) < 4.78 is 15.7. The van der Waals surface area contributed by atoms with E-state index in [0.717, 1.165) is 43.9 Å². The summed E-state index contributed by atoms with van der Waals surface area (Å²) in [4.78, 5) is 2.35. The molecule has 0 unspecified atom stereocenters. The molecule has 5 rings (SSSR count). The SMILES string of the molecule is CN1CCN([S@](=O)C23CC4CC(CC(C4)C2)C3)CC1. The first-order chi connectivity index (χ1) is 9.14. The molecule has 1 aliphatic heterocycles. The molecule has 1 saturated heterocycles. The van der Waals surface area contributed by atoms with Crippen LogP contribution in [0.25, 0.3) is 0 Å². The Kier molecular flexibility index (Phi) is 3.05. The van der Waals surface area contributed by atoms with Crippen LogP contribution in [-0.4, -0.2) is 51.4 Å². The van der Waals surface area contributed by atoms with Gasteiger partial charge in [0, 0.05) is 26.2 Å². The van der Waals surface area contributed by atoms with Crippen LogP contribution < -0.4 is 0 Å². The molecule has 4 saturated carbocycles. The lowest BCUT2D eigenvalue weighted by Gasteiger charge is -2.57. The monoisotopic (exact) mass is 282 g/mol. The molecule has 4 bridgehead atoms. The highest BCUT2D eigenvalue weighted by molar-refractivity contribution is 7.84. The van der Waals surface area contributed by atoms with E-state index in [4.69, 9.17) is 0 Å². The Labute approximate surface area is 119 Å². The maximum Gasteiger partial charge on any atom is 0.101 e. The molecule has 0 aromatic carbocycles. The Bertz CT molecular complexity index is 354. The van der Waals surface area contributed by atoms with Crippen molar-refractivity contribution < 1.29 is 4.21 Å². The van der Waals surface area contributed by atoms with Crippen LogP contribution in [0.2, 0.25) is 0 Å². The van der Waals surface area contributed by atoms with Crippen LogP contribution in [0, 0.1) is 17.8 Å². The molecule has 1 atom stereocenters. The summed E-state index contributed by atoms with van der Waals surface area (Å²) in [6, 6.07) is 0. The molecule has 108 valence electrons. The second-order valence-electron chi connectivity index (χ2n) is 7.58. The van der Waals surface area contributed by atoms with E-state index in [1.165, 1.54) is 38.5 Å². The fourth-order valence-corrected chi connectivity index (χ4v) is 7.65. The average molecular weight is 282 g/mol. The molecule has 0 spiro atoms. The summed E-state index contributed by atoms with van der Waals surface area (Å²) in [5, 5.41) is 0. The number of rotatable bonds is 2. The van der Waals surface area contributed by atoms with Gasteiger partial charge in [-0.15, -0.1) is 0 Å². The van der Waals surface area contributed by atoms with E-state index in [-0.39, 0.29) is 4.75 Å². The number of hydrogen-bond donors (Lipinski definition) is 0. The van der Waals surface area contributed by atoms with Crippen molar-refractivity contribution in [3.63, 3.8) is 0 Å². The highest BCUT2D eigenvalue weighted by atomic mass is 32.2. The van der Waals surface area contributed by atoms with E-state index < -0.39 is 11.0 Å². The summed E-state index contributed by atoms with van der Waals surface area (Å²) in [5.74, 6) is 2.72. The first-order valence-corrected chi connectivity index (χ1v) is 9.11. The second kappa shape index (κ2) is 4.54. The third-order valence-electron chi connectivity index (χ3n) is 6.05. The van der Waals surface area contributed by atoms with Gasteiger partial charge in [0.2, 0.25) is 0 Å². The van der Waals surface area contributed by atoms with Crippen molar-refractivity contribution in [3.05, 3.63) is 0 Å². The fourth-order valence-electron chi connectivity index (χ4n) is 5.47. The van der Waals surface area contributed by atoms with E-state index >= 15 is 0 Å². The van der Waals surface area contributed by atoms with Crippen molar-refractivity contribution in [3.8, 4) is 0 Å². The van der Waals surface area contributed by atoms with Crippen LogP contribution in [-0.2, 0) is 11.0 Å². The van der Waals surface area contributed by atoms with Crippen LogP contribution >= 0.6 is 0 Å². The predicted octanol–water partition coefficient (Wildman–Crippen LogP) is 1.87. The quantitative estimate of drug-likeness (QED) is 0.772. The van der Waals surface area contributed by atoms with E-state index in [1.807, 2.05) is 0 Å². The molecular formula is C15H26N2OS. The molecule has 0 aromatic rings. The van der Waals surface area contributed by atoms with Gasteiger partial charge in [0.05, 0.1) is 4.75 Å². The smallest absolute Gasteiger partial charge is 0.101 e. The lowest BCUT2D eigenvalue weighted by molar-refractivity contribution is 0.0334. The number of nitrogens with zero attached hydrogens (tertiary/aromatic N) is 2. The van der Waals surface area contributed by atoms with Crippen LogP contribution in [0.15, 0.2) is 0 Å². The molecule has 5 fully saturated rings. The zero-order valence-corrected chi connectivity index (χ0v) is 12.8.